The van der Waals surface area contributed by atoms with Crippen LogP contribution >= 0.6 is 0 Å². The van der Waals surface area contributed by atoms with E-state index in [0.29, 0.717) is 6.04 Å². The van der Waals surface area contributed by atoms with Crippen LogP contribution < -0.4 is 10.2 Å². The Kier molecular flexibility index (Phi) is 2.46. The van der Waals surface area contributed by atoms with Gasteiger partial charge in [0, 0.05) is 19.3 Å². The second-order valence-corrected chi connectivity index (χ2v) is 4.05. The van der Waals surface area contributed by atoms with E-state index in [1.807, 2.05) is 0 Å². The van der Waals surface area contributed by atoms with Gasteiger partial charge in [0.1, 0.15) is 0 Å². The third-order valence-corrected chi connectivity index (χ3v) is 2.88. The molecule has 2 heteroatoms. The summed E-state index contributed by atoms with van der Waals surface area (Å²) in [7, 11) is 2.16. The lowest BCUT2D eigenvalue weighted by Gasteiger charge is -2.12. The third-order valence-electron chi connectivity index (χ3n) is 2.88. The second kappa shape index (κ2) is 3.62. The van der Waals surface area contributed by atoms with Gasteiger partial charge in [0.05, 0.1) is 6.04 Å². The minimum atomic E-state index is 0.514. The lowest BCUT2D eigenvalue weighted by atomic mass is 10.1. The Morgan fingerprint density at radius 3 is 3.00 bits per heavy atom. The summed E-state index contributed by atoms with van der Waals surface area (Å²) in [6, 6.07) is 7.22. The van der Waals surface area contributed by atoms with E-state index >= 15 is 0 Å². The van der Waals surface area contributed by atoms with Crippen molar-refractivity contribution in [3.63, 3.8) is 0 Å². The first-order chi connectivity index (χ1) is 6.72. The Morgan fingerprint density at radius 2 is 2.29 bits per heavy atom. The van der Waals surface area contributed by atoms with Crippen LogP contribution in [0.1, 0.15) is 24.1 Å². The number of fused-ring (bicyclic) bond motifs is 1. The first kappa shape index (κ1) is 9.53. The summed E-state index contributed by atoms with van der Waals surface area (Å²) in [5.41, 5.74) is 4.18. The summed E-state index contributed by atoms with van der Waals surface area (Å²) in [6.45, 7) is 6.44. The Balaban J connectivity index is 2.35. The number of hydrogen-bond donors (Lipinski definition) is 1. The number of aryl methyl sites for hydroxylation is 1. The van der Waals surface area contributed by atoms with Crippen molar-refractivity contribution in [2.45, 2.75) is 19.9 Å². The predicted octanol–water partition coefficient (Wildman–Crippen LogP) is 2.10. The topological polar surface area (TPSA) is 15.3 Å². The molecule has 1 aliphatic heterocycles. The van der Waals surface area contributed by atoms with Gasteiger partial charge < -0.3 is 10.2 Å². The van der Waals surface area contributed by atoms with Crippen molar-refractivity contribution in [2.24, 2.45) is 0 Å². The lowest BCUT2D eigenvalue weighted by molar-refractivity contribution is 0.579. The van der Waals surface area contributed by atoms with Gasteiger partial charge in [0.25, 0.3) is 0 Å². The smallest absolute Gasteiger partial charge is 0.0518 e. The molecule has 0 spiro atoms. The summed E-state index contributed by atoms with van der Waals surface area (Å²) in [5.74, 6) is 0. The van der Waals surface area contributed by atoms with E-state index in [1.165, 1.54) is 16.8 Å². The Labute approximate surface area is 85.9 Å². The Hall–Kier alpha value is -1.02. The average Bonchev–Trinajstić information content (AvgIpc) is 2.44. The molecule has 0 amide bonds. The van der Waals surface area contributed by atoms with Crippen LogP contribution in [0.2, 0.25) is 0 Å². The molecule has 0 aromatic heterocycles. The summed E-state index contributed by atoms with van der Waals surface area (Å²) >= 11 is 0. The molecule has 2 rings (SSSR count). The van der Waals surface area contributed by atoms with Gasteiger partial charge in [-0.2, -0.15) is 0 Å². The first-order valence-electron chi connectivity index (χ1n) is 5.27. The molecule has 1 unspecified atom stereocenters. The molecule has 2 nitrogen and oxygen atoms in total. The molecule has 1 aromatic carbocycles. The van der Waals surface area contributed by atoms with Gasteiger partial charge in [-0.15, -0.1) is 0 Å². The van der Waals surface area contributed by atoms with E-state index in [9.17, 15) is 0 Å². The quantitative estimate of drug-likeness (QED) is 0.768. The molecule has 1 atom stereocenters. The van der Waals surface area contributed by atoms with Crippen LogP contribution in [0.5, 0.6) is 0 Å². The fourth-order valence-electron chi connectivity index (χ4n) is 2.19. The fourth-order valence-corrected chi connectivity index (χ4v) is 2.19. The number of nitrogens with one attached hydrogen (secondary N) is 1. The lowest BCUT2D eigenvalue weighted by Crippen LogP contribution is -2.25. The van der Waals surface area contributed by atoms with Crippen LogP contribution in [0.3, 0.4) is 0 Å². The van der Waals surface area contributed by atoms with Crippen molar-refractivity contribution >= 4 is 5.69 Å². The van der Waals surface area contributed by atoms with E-state index in [0.717, 1.165) is 13.1 Å². The van der Waals surface area contributed by atoms with E-state index in [-0.39, 0.29) is 0 Å². The molecule has 1 aromatic rings. The van der Waals surface area contributed by atoms with Gasteiger partial charge in [-0.25, -0.2) is 0 Å². The number of rotatable bonds is 2. The van der Waals surface area contributed by atoms with Crippen molar-refractivity contribution < 1.29 is 0 Å². The molecule has 76 valence electrons. The standard InChI is InChI=1S/C12H18N2/c1-4-13-11-8-14(3)12-6-5-9(2)7-10(11)12/h5-7,11,13H,4,8H2,1-3H3. The maximum Gasteiger partial charge on any atom is 0.0518 e. The summed E-state index contributed by atoms with van der Waals surface area (Å²) in [4.78, 5) is 2.32. The maximum atomic E-state index is 3.52. The summed E-state index contributed by atoms with van der Waals surface area (Å²) in [5, 5.41) is 3.52. The van der Waals surface area contributed by atoms with Crippen molar-refractivity contribution in [1.82, 2.24) is 5.32 Å². The zero-order valence-electron chi connectivity index (χ0n) is 9.17. The molecule has 0 bridgehead atoms. The minimum absolute atomic E-state index is 0.514. The zero-order valence-corrected chi connectivity index (χ0v) is 9.17. The monoisotopic (exact) mass is 190 g/mol. The Morgan fingerprint density at radius 1 is 1.50 bits per heavy atom. The van der Waals surface area contributed by atoms with E-state index < -0.39 is 0 Å². The number of hydrogen-bond acceptors (Lipinski definition) is 2. The maximum absolute atomic E-state index is 3.52. The van der Waals surface area contributed by atoms with Gasteiger partial charge in [-0.1, -0.05) is 24.6 Å². The molecule has 0 saturated carbocycles. The second-order valence-electron chi connectivity index (χ2n) is 4.05. The van der Waals surface area contributed by atoms with Crippen LogP contribution in [-0.4, -0.2) is 20.1 Å². The van der Waals surface area contributed by atoms with Crippen molar-refractivity contribution in [2.75, 3.05) is 25.0 Å². The molecule has 0 fully saturated rings. The van der Waals surface area contributed by atoms with Gasteiger partial charge in [0.15, 0.2) is 0 Å². The molecular weight excluding hydrogens is 172 g/mol. The van der Waals surface area contributed by atoms with E-state index in [4.69, 9.17) is 0 Å². The Bertz CT molecular complexity index is 333. The van der Waals surface area contributed by atoms with Crippen LogP contribution in [0, 0.1) is 6.92 Å². The molecule has 0 saturated heterocycles. The molecule has 1 N–H and O–H groups in total. The zero-order chi connectivity index (χ0) is 10.1. The number of nitrogens with zero attached hydrogens (tertiary/aromatic N) is 1. The summed E-state index contributed by atoms with van der Waals surface area (Å²) < 4.78 is 0. The number of likely N-dealkylation sites (N-methyl/N-ethyl adjacent to an activating group) is 2. The molecule has 0 aliphatic carbocycles. The SMILES string of the molecule is CCNC1CN(C)c2ccc(C)cc21. The van der Waals surface area contributed by atoms with Gasteiger partial charge in [-0.05, 0) is 25.1 Å². The molecule has 1 heterocycles. The third kappa shape index (κ3) is 1.50. The van der Waals surface area contributed by atoms with E-state index in [2.05, 4.69) is 49.3 Å². The van der Waals surface area contributed by atoms with Gasteiger partial charge in [-0.3, -0.25) is 0 Å². The highest BCUT2D eigenvalue weighted by Gasteiger charge is 2.24. The molecular formula is C12H18N2. The highest BCUT2D eigenvalue weighted by atomic mass is 15.2. The summed E-state index contributed by atoms with van der Waals surface area (Å²) in [6.07, 6.45) is 0. The minimum Gasteiger partial charge on any atom is -0.372 e. The first-order valence-corrected chi connectivity index (χ1v) is 5.27. The van der Waals surface area contributed by atoms with Gasteiger partial charge >= 0.3 is 0 Å². The van der Waals surface area contributed by atoms with Gasteiger partial charge in [0.2, 0.25) is 0 Å². The van der Waals surface area contributed by atoms with Crippen molar-refractivity contribution in [3.8, 4) is 0 Å². The highest BCUT2D eigenvalue weighted by Crippen LogP contribution is 2.33. The molecule has 1 aliphatic rings. The van der Waals surface area contributed by atoms with Crippen LogP contribution in [0.4, 0.5) is 5.69 Å². The van der Waals surface area contributed by atoms with Crippen LogP contribution in [0.25, 0.3) is 0 Å². The normalized spacial score (nSPS) is 19.9. The molecule has 0 radical (unpaired) electrons. The van der Waals surface area contributed by atoms with Crippen LogP contribution in [-0.2, 0) is 0 Å². The number of anilines is 1. The predicted molar refractivity (Wildman–Crippen MR) is 60.9 cm³/mol. The molecule has 14 heavy (non-hydrogen) atoms. The van der Waals surface area contributed by atoms with E-state index in [1.54, 1.807) is 0 Å². The number of benzene rings is 1. The largest absolute Gasteiger partial charge is 0.372 e. The highest BCUT2D eigenvalue weighted by molar-refractivity contribution is 5.60. The van der Waals surface area contributed by atoms with Crippen molar-refractivity contribution in [1.29, 1.82) is 0 Å². The fraction of sp³-hybridized carbons (Fsp3) is 0.500. The average molecular weight is 190 g/mol. The van der Waals surface area contributed by atoms with Crippen molar-refractivity contribution in [3.05, 3.63) is 29.3 Å². The van der Waals surface area contributed by atoms with Crippen LogP contribution in [0.15, 0.2) is 18.2 Å².